The summed E-state index contributed by atoms with van der Waals surface area (Å²) in [7, 11) is 0. The second-order valence-electron chi connectivity index (χ2n) is 4.88. The van der Waals surface area contributed by atoms with Crippen LogP contribution in [-0.4, -0.2) is 24.5 Å². The first-order valence-corrected chi connectivity index (χ1v) is 6.37. The number of carbonyl (C=O) groups excluding carboxylic acids is 1. The van der Waals surface area contributed by atoms with Gasteiger partial charge in [-0.2, -0.15) is 0 Å². The fraction of sp³-hybridized carbons (Fsp3) is 0.917. The first kappa shape index (κ1) is 10.9. The summed E-state index contributed by atoms with van der Waals surface area (Å²) in [5.74, 6) is 0.260. The molecule has 3 nitrogen and oxygen atoms in total. The Morgan fingerprint density at radius 3 is 2.67 bits per heavy atom. The van der Waals surface area contributed by atoms with Crippen molar-refractivity contribution in [2.75, 3.05) is 6.54 Å². The van der Waals surface area contributed by atoms with E-state index in [0.29, 0.717) is 18.5 Å². The van der Waals surface area contributed by atoms with Crippen molar-refractivity contribution >= 4 is 5.91 Å². The van der Waals surface area contributed by atoms with Crippen LogP contribution in [0.1, 0.15) is 51.4 Å². The Hall–Kier alpha value is -0.570. The van der Waals surface area contributed by atoms with Crippen LogP contribution in [-0.2, 0) is 4.79 Å². The summed E-state index contributed by atoms with van der Waals surface area (Å²) in [6, 6.07) is 1.08. The SMILES string of the molecule is O=C(CCC1CCCN1)NC1CCCC1. The Morgan fingerprint density at radius 1 is 1.20 bits per heavy atom. The number of rotatable bonds is 4. The van der Waals surface area contributed by atoms with E-state index < -0.39 is 0 Å². The molecule has 1 aliphatic heterocycles. The second kappa shape index (κ2) is 5.50. The molecule has 0 aromatic carbocycles. The van der Waals surface area contributed by atoms with Gasteiger partial charge in [-0.25, -0.2) is 0 Å². The van der Waals surface area contributed by atoms with Gasteiger partial charge in [-0.05, 0) is 38.6 Å². The molecule has 86 valence electrons. The molecule has 1 heterocycles. The van der Waals surface area contributed by atoms with Crippen molar-refractivity contribution in [1.82, 2.24) is 10.6 Å². The van der Waals surface area contributed by atoms with Crippen molar-refractivity contribution in [1.29, 1.82) is 0 Å². The molecule has 2 N–H and O–H groups in total. The Kier molecular flexibility index (Phi) is 4.01. The zero-order valence-corrected chi connectivity index (χ0v) is 9.43. The first-order chi connectivity index (χ1) is 7.34. The van der Waals surface area contributed by atoms with Crippen molar-refractivity contribution < 1.29 is 4.79 Å². The first-order valence-electron chi connectivity index (χ1n) is 6.37. The molecule has 2 aliphatic rings. The minimum absolute atomic E-state index is 0.260. The predicted octanol–water partition coefficient (Wildman–Crippen LogP) is 1.58. The molecule has 1 aliphatic carbocycles. The fourth-order valence-electron chi connectivity index (χ4n) is 2.68. The van der Waals surface area contributed by atoms with Gasteiger partial charge >= 0.3 is 0 Å². The molecule has 2 rings (SSSR count). The van der Waals surface area contributed by atoms with Crippen molar-refractivity contribution in [3.8, 4) is 0 Å². The highest BCUT2D eigenvalue weighted by Crippen LogP contribution is 2.18. The molecule has 0 aromatic heterocycles. The van der Waals surface area contributed by atoms with Crippen LogP contribution in [0.4, 0.5) is 0 Å². The Balaban J connectivity index is 1.59. The van der Waals surface area contributed by atoms with Crippen LogP contribution in [0.5, 0.6) is 0 Å². The predicted molar refractivity (Wildman–Crippen MR) is 60.7 cm³/mol. The Labute approximate surface area is 92.0 Å². The lowest BCUT2D eigenvalue weighted by Crippen LogP contribution is -2.33. The van der Waals surface area contributed by atoms with Gasteiger partial charge in [0.1, 0.15) is 0 Å². The van der Waals surface area contributed by atoms with Crippen LogP contribution in [0.3, 0.4) is 0 Å². The lowest BCUT2D eigenvalue weighted by molar-refractivity contribution is -0.121. The molecule has 2 fully saturated rings. The number of hydrogen-bond donors (Lipinski definition) is 2. The van der Waals surface area contributed by atoms with Gasteiger partial charge in [0.05, 0.1) is 0 Å². The van der Waals surface area contributed by atoms with Crippen molar-refractivity contribution in [2.45, 2.75) is 63.5 Å². The average molecular weight is 210 g/mol. The van der Waals surface area contributed by atoms with E-state index in [2.05, 4.69) is 10.6 Å². The van der Waals surface area contributed by atoms with Crippen LogP contribution in [0.2, 0.25) is 0 Å². The van der Waals surface area contributed by atoms with Gasteiger partial charge in [0, 0.05) is 18.5 Å². The zero-order valence-electron chi connectivity index (χ0n) is 9.43. The highest BCUT2D eigenvalue weighted by molar-refractivity contribution is 5.76. The molecular formula is C12H22N2O. The van der Waals surface area contributed by atoms with Gasteiger partial charge < -0.3 is 10.6 Å². The highest BCUT2D eigenvalue weighted by atomic mass is 16.1. The van der Waals surface area contributed by atoms with Gasteiger partial charge in [0.15, 0.2) is 0 Å². The number of nitrogens with one attached hydrogen (secondary N) is 2. The summed E-state index contributed by atoms with van der Waals surface area (Å²) in [5.41, 5.74) is 0. The maximum Gasteiger partial charge on any atom is 0.220 e. The van der Waals surface area contributed by atoms with Gasteiger partial charge in [-0.15, -0.1) is 0 Å². The molecule has 1 atom stereocenters. The quantitative estimate of drug-likeness (QED) is 0.739. The summed E-state index contributed by atoms with van der Waals surface area (Å²) in [4.78, 5) is 11.6. The molecule has 15 heavy (non-hydrogen) atoms. The minimum atomic E-state index is 0.260. The summed E-state index contributed by atoms with van der Waals surface area (Å²) >= 11 is 0. The Bertz CT molecular complexity index is 206. The van der Waals surface area contributed by atoms with E-state index >= 15 is 0 Å². The van der Waals surface area contributed by atoms with Gasteiger partial charge in [-0.3, -0.25) is 4.79 Å². The molecule has 1 unspecified atom stereocenters. The summed E-state index contributed by atoms with van der Waals surface area (Å²) in [6.07, 6.45) is 9.18. The molecule has 1 saturated heterocycles. The third-order valence-corrected chi connectivity index (χ3v) is 3.60. The molecule has 0 bridgehead atoms. The Morgan fingerprint density at radius 2 is 2.00 bits per heavy atom. The van der Waals surface area contributed by atoms with E-state index in [1.807, 2.05) is 0 Å². The maximum atomic E-state index is 11.6. The summed E-state index contributed by atoms with van der Waals surface area (Å²) < 4.78 is 0. The van der Waals surface area contributed by atoms with Crippen molar-refractivity contribution in [3.63, 3.8) is 0 Å². The van der Waals surface area contributed by atoms with Crippen LogP contribution < -0.4 is 10.6 Å². The fourth-order valence-corrected chi connectivity index (χ4v) is 2.68. The van der Waals surface area contributed by atoms with Gasteiger partial charge in [-0.1, -0.05) is 12.8 Å². The lowest BCUT2D eigenvalue weighted by atomic mass is 10.1. The van der Waals surface area contributed by atoms with Crippen molar-refractivity contribution in [3.05, 3.63) is 0 Å². The van der Waals surface area contributed by atoms with E-state index in [1.54, 1.807) is 0 Å². The normalized spacial score (nSPS) is 27.1. The van der Waals surface area contributed by atoms with Gasteiger partial charge in [0.2, 0.25) is 5.91 Å². The van der Waals surface area contributed by atoms with E-state index in [-0.39, 0.29) is 5.91 Å². The number of hydrogen-bond acceptors (Lipinski definition) is 2. The molecule has 1 saturated carbocycles. The van der Waals surface area contributed by atoms with Crippen molar-refractivity contribution in [2.24, 2.45) is 0 Å². The molecular weight excluding hydrogens is 188 g/mol. The minimum Gasteiger partial charge on any atom is -0.353 e. The second-order valence-corrected chi connectivity index (χ2v) is 4.88. The third kappa shape index (κ3) is 3.49. The molecule has 1 amide bonds. The summed E-state index contributed by atoms with van der Waals surface area (Å²) in [6.45, 7) is 1.13. The van der Waals surface area contributed by atoms with Crippen LogP contribution in [0.15, 0.2) is 0 Å². The smallest absolute Gasteiger partial charge is 0.220 e. The molecule has 0 aromatic rings. The van der Waals surface area contributed by atoms with E-state index in [4.69, 9.17) is 0 Å². The number of amides is 1. The van der Waals surface area contributed by atoms with Crippen LogP contribution in [0.25, 0.3) is 0 Å². The molecule has 0 radical (unpaired) electrons. The highest BCUT2D eigenvalue weighted by Gasteiger charge is 2.19. The third-order valence-electron chi connectivity index (χ3n) is 3.60. The van der Waals surface area contributed by atoms with Gasteiger partial charge in [0.25, 0.3) is 0 Å². The van der Waals surface area contributed by atoms with E-state index in [9.17, 15) is 4.79 Å². The number of carbonyl (C=O) groups is 1. The topological polar surface area (TPSA) is 41.1 Å². The lowest BCUT2D eigenvalue weighted by Gasteiger charge is -2.13. The van der Waals surface area contributed by atoms with Crippen LogP contribution in [0, 0.1) is 0 Å². The largest absolute Gasteiger partial charge is 0.353 e. The molecule has 0 spiro atoms. The molecule has 3 heteroatoms. The maximum absolute atomic E-state index is 11.6. The monoisotopic (exact) mass is 210 g/mol. The standard InChI is InChI=1S/C12H22N2O/c15-12(14-11-4-1-2-5-11)8-7-10-6-3-9-13-10/h10-11,13H,1-9H2,(H,14,15). The van der Waals surface area contributed by atoms with E-state index in [1.165, 1.54) is 38.5 Å². The van der Waals surface area contributed by atoms with E-state index in [0.717, 1.165) is 13.0 Å². The summed E-state index contributed by atoms with van der Waals surface area (Å²) in [5, 5.41) is 6.56. The average Bonchev–Trinajstić information content (AvgIpc) is 2.86. The van der Waals surface area contributed by atoms with Crippen LogP contribution >= 0.6 is 0 Å². The zero-order chi connectivity index (χ0) is 10.5.